The summed E-state index contributed by atoms with van der Waals surface area (Å²) < 4.78 is 1.94. The van der Waals surface area contributed by atoms with E-state index in [4.69, 9.17) is 0 Å². The summed E-state index contributed by atoms with van der Waals surface area (Å²) >= 11 is 0. The van der Waals surface area contributed by atoms with Crippen molar-refractivity contribution in [2.75, 3.05) is 13.1 Å². The molecule has 4 rings (SSSR count). The van der Waals surface area contributed by atoms with Crippen molar-refractivity contribution in [3.05, 3.63) is 52.3 Å². The molecule has 7 heteroatoms. The van der Waals surface area contributed by atoms with Crippen LogP contribution < -0.4 is 5.69 Å². The first-order chi connectivity index (χ1) is 11.6. The summed E-state index contributed by atoms with van der Waals surface area (Å²) in [7, 11) is 1.92. The molecule has 7 nitrogen and oxygen atoms in total. The second kappa shape index (κ2) is 5.67. The minimum absolute atomic E-state index is 0.0243. The van der Waals surface area contributed by atoms with Gasteiger partial charge in [0.25, 0.3) is 5.91 Å². The molecule has 3 heterocycles. The molecule has 0 spiro atoms. The van der Waals surface area contributed by atoms with E-state index in [0.717, 1.165) is 30.3 Å². The van der Waals surface area contributed by atoms with Crippen molar-refractivity contribution in [1.82, 2.24) is 24.6 Å². The number of fused-ring (bicyclic) bond motifs is 1. The van der Waals surface area contributed by atoms with Gasteiger partial charge in [-0.25, -0.2) is 9.89 Å². The van der Waals surface area contributed by atoms with Gasteiger partial charge >= 0.3 is 5.69 Å². The molecule has 0 aliphatic carbocycles. The molecule has 1 aliphatic rings. The third kappa shape index (κ3) is 2.42. The maximum Gasteiger partial charge on any atom is 0.340 e. The first-order valence-corrected chi connectivity index (χ1v) is 8.12. The molecule has 2 aromatic heterocycles. The predicted molar refractivity (Wildman–Crippen MR) is 90.0 cm³/mol. The van der Waals surface area contributed by atoms with Crippen LogP contribution in [0.4, 0.5) is 0 Å². The number of benzene rings is 1. The van der Waals surface area contributed by atoms with Crippen molar-refractivity contribution >= 4 is 16.8 Å². The molecule has 0 bridgehead atoms. The quantitative estimate of drug-likeness (QED) is 0.750. The minimum atomic E-state index is -0.304. The van der Waals surface area contributed by atoms with Crippen molar-refractivity contribution < 1.29 is 4.79 Å². The zero-order chi connectivity index (χ0) is 16.7. The van der Waals surface area contributed by atoms with Gasteiger partial charge in [-0.15, -0.1) is 0 Å². The van der Waals surface area contributed by atoms with Crippen LogP contribution in [-0.4, -0.2) is 43.6 Å². The SMILES string of the molecule is Cn1c(C(=O)N2CCC[C@H](c3n[nH]c(=O)[nH]3)C2)cc2ccccc21. The largest absolute Gasteiger partial charge is 0.340 e. The van der Waals surface area contributed by atoms with E-state index in [1.807, 2.05) is 46.8 Å². The number of nitrogens with one attached hydrogen (secondary N) is 2. The summed E-state index contributed by atoms with van der Waals surface area (Å²) in [6, 6.07) is 9.92. The predicted octanol–water partition coefficient (Wildman–Crippen LogP) is 1.61. The maximum absolute atomic E-state index is 13.0. The number of carbonyl (C=O) groups excluding carboxylic acids is 1. The second-order valence-electron chi connectivity index (χ2n) is 6.30. The van der Waals surface area contributed by atoms with Crippen molar-refractivity contribution in [1.29, 1.82) is 0 Å². The Labute approximate surface area is 138 Å². The van der Waals surface area contributed by atoms with Gasteiger partial charge in [0.2, 0.25) is 0 Å². The third-order valence-electron chi connectivity index (χ3n) is 4.79. The summed E-state index contributed by atoms with van der Waals surface area (Å²) in [6.45, 7) is 1.30. The number of aromatic nitrogens is 4. The number of carbonyl (C=O) groups is 1. The highest BCUT2D eigenvalue weighted by atomic mass is 16.2. The normalized spacial score (nSPS) is 18.2. The smallest absolute Gasteiger partial charge is 0.340 e. The molecule has 1 aliphatic heterocycles. The average molecular weight is 325 g/mol. The highest BCUT2D eigenvalue weighted by Gasteiger charge is 2.28. The van der Waals surface area contributed by atoms with Gasteiger partial charge in [-0.2, -0.15) is 5.10 Å². The Hall–Kier alpha value is -2.83. The highest BCUT2D eigenvalue weighted by Crippen LogP contribution is 2.26. The van der Waals surface area contributed by atoms with Gasteiger partial charge < -0.3 is 9.47 Å². The molecule has 1 atom stereocenters. The Morgan fingerprint density at radius 1 is 1.33 bits per heavy atom. The fraction of sp³-hybridized carbons (Fsp3) is 0.353. The van der Waals surface area contributed by atoms with Crippen LogP contribution >= 0.6 is 0 Å². The van der Waals surface area contributed by atoms with E-state index in [9.17, 15) is 9.59 Å². The van der Waals surface area contributed by atoms with Crippen LogP contribution in [0.25, 0.3) is 10.9 Å². The van der Waals surface area contributed by atoms with Gasteiger partial charge in [-0.1, -0.05) is 18.2 Å². The lowest BCUT2D eigenvalue weighted by atomic mass is 9.97. The zero-order valence-corrected chi connectivity index (χ0v) is 13.5. The Morgan fingerprint density at radius 2 is 2.17 bits per heavy atom. The van der Waals surface area contributed by atoms with Crippen LogP contribution in [0.15, 0.2) is 35.1 Å². The van der Waals surface area contributed by atoms with Crippen LogP contribution in [0.3, 0.4) is 0 Å². The molecule has 2 N–H and O–H groups in total. The van der Waals surface area contributed by atoms with Gasteiger partial charge in [-0.05, 0) is 25.0 Å². The highest BCUT2D eigenvalue weighted by molar-refractivity contribution is 5.98. The first-order valence-electron chi connectivity index (χ1n) is 8.12. The van der Waals surface area contributed by atoms with E-state index < -0.39 is 0 Å². The number of para-hydroxylation sites is 1. The summed E-state index contributed by atoms with van der Waals surface area (Å²) in [4.78, 5) is 28.8. The van der Waals surface area contributed by atoms with Crippen LogP contribution in [0.5, 0.6) is 0 Å². The monoisotopic (exact) mass is 325 g/mol. The van der Waals surface area contributed by atoms with E-state index >= 15 is 0 Å². The first kappa shape index (κ1) is 14.7. The molecule has 1 aromatic carbocycles. The Kier molecular flexibility index (Phi) is 3.48. The van der Waals surface area contributed by atoms with Gasteiger partial charge in [0, 0.05) is 37.0 Å². The molecule has 24 heavy (non-hydrogen) atoms. The number of aryl methyl sites for hydroxylation is 1. The van der Waals surface area contributed by atoms with E-state index in [0.29, 0.717) is 18.1 Å². The number of likely N-dealkylation sites (tertiary alicyclic amines) is 1. The number of piperidine rings is 1. The molecule has 1 amide bonds. The second-order valence-corrected chi connectivity index (χ2v) is 6.30. The lowest BCUT2D eigenvalue weighted by molar-refractivity contribution is 0.0695. The molecule has 0 saturated carbocycles. The lowest BCUT2D eigenvalue weighted by Crippen LogP contribution is -2.40. The van der Waals surface area contributed by atoms with Crippen LogP contribution in [0.2, 0.25) is 0 Å². The van der Waals surface area contributed by atoms with Crippen molar-refractivity contribution in [3.8, 4) is 0 Å². The molecule has 0 unspecified atom stereocenters. The van der Waals surface area contributed by atoms with E-state index in [1.54, 1.807) is 0 Å². The van der Waals surface area contributed by atoms with Crippen LogP contribution in [0.1, 0.15) is 35.1 Å². The molecular weight excluding hydrogens is 306 g/mol. The number of aromatic amines is 2. The number of nitrogens with zero attached hydrogens (tertiary/aromatic N) is 3. The molecule has 124 valence electrons. The topological polar surface area (TPSA) is 86.8 Å². The average Bonchev–Trinajstić information content (AvgIpc) is 3.19. The molecule has 1 saturated heterocycles. The lowest BCUT2D eigenvalue weighted by Gasteiger charge is -2.31. The summed E-state index contributed by atoms with van der Waals surface area (Å²) in [5, 5.41) is 7.49. The van der Waals surface area contributed by atoms with Crippen LogP contribution in [0, 0.1) is 0 Å². The van der Waals surface area contributed by atoms with E-state index in [2.05, 4.69) is 15.2 Å². The molecule has 1 fully saturated rings. The molecule has 0 radical (unpaired) electrons. The Bertz CT molecular complexity index is 951. The van der Waals surface area contributed by atoms with Crippen LogP contribution in [-0.2, 0) is 7.05 Å². The van der Waals surface area contributed by atoms with Gasteiger partial charge in [-0.3, -0.25) is 9.78 Å². The van der Waals surface area contributed by atoms with Crippen molar-refractivity contribution in [3.63, 3.8) is 0 Å². The van der Waals surface area contributed by atoms with E-state index in [-0.39, 0.29) is 17.5 Å². The molecule has 3 aromatic rings. The zero-order valence-electron chi connectivity index (χ0n) is 13.5. The number of amides is 1. The van der Waals surface area contributed by atoms with Crippen molar-refractivity contribution in [2.24, 2.45) is 7.05 Å². The standard InChI is InChI=1S/C17H19N5O2/c1-21-13-7-3-2-5-11(13)9-14(21)16(23)22-8-4-6-12(10-22)15-18-17(24)20-19-15/h2-3,5,7,9,12H,4,6,8,10H2,1H3,(H2,18,19,20,24)/t12-/m0/s1. The number of hydrogen-bond acceptors (Lipinski definition) is 3. The Balaban J connectivity index is 1.61. The summed E-state index contributed by atoms with van der Waals surface area (Å²) in [5.74, 6) is 0.724. The fourth-order valence-corrected chi connectivity index (χ4v) is 3.52. The van der Waals surface area contributed by atoms with Gasteiger partial charge in [0.05, 0.1) is 0 Å². The third-order valence-corrected chi connectivity index (χ3v) is 4.79. The number of rotatable bonds is 2. The Morgan fingerprint density at radius 3 is 2.92 bits per heavy atom. The van der Waals surface area contributed by atoms with E-state index in [1.165, 1.54) is 0 Å². The number of hydrogen-bond donors (Lipinski definition) is 2. The van der Waals surface area contributed by atoms with Gasteiger partial charge in [0.1, 0.15) is 11.5 Å². The molecular formula is C17H19N5O2. The maximum atomic E-state index is 13.0. The number of H-pyrrole nitrogens is 2. The summed E-state index contributed by atoms with van der Waals surface area (Å²) in [5.41, 5.74) is 1.43. The van der Waals surface area contributed by atoms with Crippen molar-refractivity contribution in [2.45, 2.75) is 18.8 Å². The minimum Gasteiger partial charge on any atom is -0.340 e. The fourth-order valence-electron chi connectivity index (χ4n) is 3.52. The summed E-state index contributed by atoms with van der Waals surface area (Å²) in [6.07, 6.45) is 1.81. The van der Waals surface area contributed by atoms with Gasteiger partial charge in [0.15, 0.2) is 0 Å².